The zero-order valence-corrected chi connectivity index (χ0v) is 11.1. The summed E-state index contributed by atoms with van der Waals surface area (Å²) in [5, 5.41) is 3.97. The highest BCUT2D eigenvalue weighted by Gasteiger charge is 2.22. The Labute approximate surface area is 103 Å². The lowest BCUT2D eigenvalue weighted by Crippen LogP contribution is -2.17. The van der Waals surface area contributed by atoms with E-state index in [0.717, 1.165) is 12.8 Å². The average molecular weight is 241 g/mol. The van der Waals surface area contributed by atoms with Crippen molar-refractivity contribution in [3.8, 4) is 0 Å². The zero-order chi connectivity index (χ0) is 12.8. The van der Waals surface area contributed by atoms with Gasteiger partial charge >= 0.3 is 0 Å². The molecule has 2 unspecified atom stereocenters. The van der Waals surface area contributed by atoms with E-state index in [2.05, 4.69) is 17.1 Å². The molecule has 0 saturated heterocycles. The highest BCUT2D eigenvalue weighted by molar-refractivity contribution is 4.96. The highest BCUT2D eigenvalue weighted by atomic mass is 16.5. The van der Waals surface area contributed by atoms with Crippen molar-refractivity contribution in [3.63, 3.8) is 0 Å². The maximum absolute atomic E-state index is 5.96. The molecule has 0 bridgehead atoms. The quantitative estimate of drug-likeness (QED) is 0.794. The first kappa shape index (κ1) is 14.1. The first-order valence-corrected chi connectivity index (χ1v) is 6.30. The summed E-state index contributed by atoms with van der Waals surface area (Å²) >= 11 is 0. The number of aromatic nitrogens is 2. The van der Waals surface area contributed by atoms with E-state index in [9.17, 15) is 0 Å². The predicted octanol–water partition coefficient (Wildman–Crippen LogP) is 2.60. The molecule has 17 heavy (non-hydrogen) atoms. The molecule has 0 fully saturated rings. The van der Waals surface area contributed by atoms with Gasteiger partial charge in [-0.1, -0.05) is 32.3 Å². The van der Waals surface area contributed by atoms with Crippen molar-refractivity contribution in [1.82, 2.24) is 10.1 Å². The van der Waals surface area contributed by atoms with Gasteiger partial charge in [0, 0.05) is 6.61 Å². The summed E-state index contributed by atoms with van der Waals surface area (Å²) in [5.41, 5.74) is 5.96. The smallest absolute Gasteiger partial charge is 0.243 e. The Morgan fingerprint density at radius 3 is 2.59 bits per heavy atom. The van der Waals surface area contributed by atoms with Gasteiger partial charge in [0.15, 0.2) is 0 Å². The first-order chi connectivity index (χ1) is 8.10. The first-order valence-electron chi connectivity index (χ1n) is 6.30. The molecule has 0 aliphatic rings. The maximum atomic E-state index is 5.96. The second-order valence-electron chi connectivity index (χ2n) is 4.49. The molecule has 0 aliphatic carbocycles. The molecule has 98 valence electrons. The van der Waals surface area contributed by atoms with Gasteiger partial charge in [0.05, 0.1) is 6.04 Å². The maximum Gasteiger partial charge on any atom is 0.243 e. The van der Waals surface area contributed by atoms with Gasteiger partial charge in [-0.05, 0) is 19.3 Å². The van der Waals surface area contributed by atoms with Gasteiger partial charge in [-0.2, -0.15) is 4.98 Å². The van der Waals surface area contributed by atoms with Crippen molar-refractivity contribution < 1.29 is 9.26 Å². The second-order valence-corrected chi connectivity index (χ2v) is 4.49. The van der Waals surface area contributed by atoms with Crippen LogP contribution in [0.25, 0.3) is 0 Å². The molecule has 0 aromatic carbocycles. The van der Waals surface area contributed by atoms with Crippen LogP contribution in [0.5, 0.6) is 0 Å². The number of hydrogen-bond acceptors (Lipinski definition) is 5. The Morgan fingerprint density at radius 1 is 1.35 bits per heavy atom. The van der Waals surface area contributed by atoms with Crippen LogP contribution in [-0.2, 0) is 4.74 Å². The van der Waals surface area contributed by atoms with Gasteiger partial charge in [0.2, 0.25) is 11.7 Å². The van der Waals surface area contributed by atoms with E-state index in [1.165, 1.54) is 0 Å². The fraction of sp³-hybridized carbons (Fsp3) is 0.833. The van der Waals surface area contributed by atoms with Crippen LogP contribution in [0.15, 0.2) is 4.52 Å². The summed E-state index contributed by atoms with van der Waals surface area (Å²) in [5.74, 6) is 1.38. The molecule has 2 N–H and O–H groups in total. The van der Waals surface area contributed by atoms with Crippen molar-refractivity contribution in [2.24, 2.45) is 11.7 Å². The Bertz CT molecular complexity index is 319. The number of hydrogen-bond donors (Lipinski definition) is 1. The van der Waals surface area contributed by atoms with Gasteiger partial charge in [0.1, 0.15) is 6.10 Å². The third kappa shape index (κ3) is 3.78. The van der Waals surface area contributed by atoms with Crippen LogP contribution in [0.2, 0.25) is 0 Å². The van der Waals surface area contributed by atoms with Crippen LogP contribution in [-0.4, -0.2) is 16.7 Å². The van der Waals surface area contributed by atoms with E-state index in [0.29, 0.717) is 18.3 Å². The van der Waals surface area contributed by atoms with Gasteiger partial charge in [-0.15, -0.1) is 0 Å². The fourth-order valence-corrected chi connectivity index (χ4v) is 1.55. The largest absolute Gasteiger partial charge is 0.370 e. The lowest BCUT2D eigenvalue weighted by Gasteiger charge is -2.12. The predicted molar refractivity (Wildman–Crippen MR) is 65.3 cm³/mol. The number of nitrogens with zero attached hydrogens (tertiary/aromatic N) is 2. The summed E-state index contributed by atoms with van der Waals surface area (Å²) in [4.78, 5) is 4.34. The van der Waals surface area contributed by atoms with E-state index in [4.69, 9.17) is 15.0 Å². The van der Waals surface area contributed by atoms with Crippen molar-refractivity contribution in [3.05, 3.63) is 11.7 Å². The monoisotopic (exact) mass is 241 g/mol. The van der Waals surface area contributed by atoms with E-state index in [-0.39, 0.29) is 18.1 Å². The van der Waals surface area contributed by atoms with Crippen LogP contribution < -0.4 is 5.73 Å². The van der Waals surface area contributed by atoms with Crippen LogP contribution in [0.3, 0.4) is 0 Å². The lowest BCUT2D eigenvalue weighted by atomic mass is 10.1. The second kappa shape index (κ2) is 6.71. The van der Waals surface area contributed by atoms with Crippen molar-refractivity contribution in [1.29, 1.82) is 0 Å². The molecule has 0 amide bonds. The van der Waals surface area contributed by atoms with Crippen LogP contribution >= 0.6 is 0 Å². The normalized spacial score (nSPS) is 15.2. The lowest BCUT2D eigenvalue weighted by molar-refractivity contribution is 0.0477. The van der Waals surface area contributed by atoms with E-state index in [1.54, 1.807) is 0 Å². The van der Waals surface area contributed by atoms with Gasteiger partial charge in [-0.3, -0.25) is 0 Å². The molecule has 0 aliphatic heterocycles. The molecule has 1 aromatic heterocycles. The minimum absolute atomic E-state index is 0.0816. The van der Waals surface area contributed by atoms with Crippen LogP contribution in [0.1, 0.15) is 64.4 Å². The number of ether oxygens (including phenoxy) is 1. The SMILES string of the molecule is CCCC(OCC)c1noc(C(N)C(C)C)n1. The molecule has 1 aromatic rings. The molecule has 1 rings (SSSR count). The fourth-order valence-electron chi connectivity index (χ4n) is 1.55. The summed E-state index contributed by atoms with van der Waals surface area (Å²) < 4.78 is 10.8. The Kier molecular flexibility index (Phi) is 5.58. The van der Waals surface area contributed by atoms with Gasteiger partial charge in [0.25, 0.3) is 0 Å². The van der Waals surface area contributed by atoms with Crippen molar-refractivity contribution in [2.75, 3.05) is 6.61 Å². The van der Waals surface area contributed by atoms with E-state index < -0.39 is 0 Å². The molecule has 0 saturated carbocycles. The average Bonchev–Trinajstić information content (AvgIpc) is 2.76. The van der Waals surface area contributed by atoms with E-state index >= 15 is 0 Å². The molecule has 1 heterocycles. The van der Waals surface area contributed by atoms with E-state index in [1.807, 2.05) is 20.8 Å². The number of nitrogens with two attached hydrogens (primary N) is 1. The summed E-state index contributed by atoms with van der Waals surface area (Å²) in [6.07, 6.45) is 1.83. The molecular formula is C12H23N3O2. The van der Waals surface area contributed by atoms with Gasteiger partial charge < -0.3 is 15.0 Å². The molecule has 2 atom stereocenters. The standard InChI is InChI=1S/C12H23N3O2/c1-5-7-9(16-6-2)11-14-12(17-15-11)10(13)8(3)4/h8-10H,5-7,13H2,1-4H3. The summed E-state index contributed by atoms with van der Waals surface area (Å²) in [7, 11) is 0. The molecular weight excluding hydrogens is 218 g/mol. The molecule has 5 heteroatoms. The van der Waals surface area contributed by atoms with Crippen molar-refractivity contribution in [2.45, 2.75) is 52.7 Å². The molecule has 5 nitrogen and oxygen atoms in total. The minimum atomic E-state index is -0.208. The van der Waals surface area contributed by atoms with Crippen LogP contribution in [0.4, 0.5) is 0 Å². The minimum Gasteiger partial charge on any atom is -0.370 e. The third-order valence-electron chi connectivity index (χ3n) is 2.67. The Morgan fingerprint density at radius 2 is 2.06 bits per heavy atom. The van der Waals surface area contributed by atoms with Crippen molar-refractivity contribution >= 4 is 0 Å². The third-order valence-corrected chi connectivity index (χ3v) is 2.67. The Balaban J connectivity index is 2.76. The topological polar surface area (TPSA) is 74.2 Å². The number of rotatable bonds is 7. The summed E-state index contributed by atoms with van der Waals surface area (Å²) in [6, 6.07) is -0.208. The van der Waals surface area contributed by atoms with Gasteiger partial charge in [-0.25, -0.2) is 0 Å². The molecule has 0 spiro atoms. The van der Waals surface area contributed by atoms with Crippen LogP contribution in [0, 0.1) is 5.92 Å². The highest BCUT2D eigenvalue weighted by Crippen LogP contribution is 2.23. The Hall–Kier alpha value is -0.940. The molecule has 0 radical (unpaired) electrons. The summed E-state index contributed by atoms with van der Waals surface area (Å²) in [6.45, 7) is 8.77. The zero-order valence-electron chi connectivity index (χ0n) is 11.1.